The largest absolute Gasteiger partial charge is 0.383 e. The van der Waals surface area contributed by atoms with E-state index in [4.69, 9.17) is 10.5 Å². The van der Waals surface area contributed by atoms with E-state index in [1.54, 1.807) is 23.4 Å². The summed E-state index contributed by atoms with van der Waals surface area (Å²) in [7, 11) is -1.11. The van der Waals surface area contributed by atoms with E-state index < -0.39 is 9.92 Å². The molecule has 2 aromatic heterocycles. The number of rotatable bonds is 6. The summed E-state index contributed by atoms with van der Waals surface area (Å²) >= 11 is 0. The lowest BCUT2D eigenvalue weighted by Crippen LogP contribution is -2.26. The van der Waals surface area contributed by atoms with Crippen LogP contribution in [0.25, 0.3) is 33.4 Å². The van der Waals surface area contributed by atoms with Crippen LogP contribution in [0.15, 0.2) is 71.9 Å². The fraction of sp³-hybridized carbons (Fsp3) is 0.222. The number of carbonyl (C=O) groups is 1. The first-order valence-corrected chi connectivity index (χ1v) is 13.5. The maximum Gasteiger partial charge on any atom is 0.250 e. The molecular formula is C27H29N7O2S. The minimum absolute atomic E-state index is 0.235. The summed E-state index contributed by atoms with van der Waals surface area (Å²) in [5.74, 6) is 0.124. The van der Waals surface area contributed by atoms with Crippen LogP contribution in [0.1, 0.15) is 19.8 Å². The summed E-state index contributed by atoms with van der Waals surface area (Å²) in [6.07, 6.45) is 3.36. The molecule has 1 saturated heterocycles. The SMILES string of the molecule is C=C(C)C(=O)Nc1ccc(-c2c(-c3ccc(S(=N)(=O)N4CCCC4)cc3)c3c(N)ncnc3n2C)cc1. The molecule has 37 heavy (non-hydrogen) atoms. The molecule has 1 unspecified atom stereocenters. The van der Waals surface area contributed by atoms with Crippen molar-refractivity contribution in [2.24, 2.45) is 7.05 Å². The van der Waals surface area contributed by atoms with Gasteiger partial charge in [0.25, 0.3) is 5.91 Å². The Morgan fingerprint density at radius 3 is 2.30 bits per heavy atom. The highest BCUT2D eigenvalue weighted by atomic mass is 32.2. The fourth-order valence-electron chi connectivity index (χ4n) is 4.74. The van der Waals surface area contributed by atoms with Gasteiger partial charge in [-0.15, -0.1) is 0 Å². The van der Waals surface area contributed by atoms with E-state index in [2.05, 4.69) is 21.9 Å². The lowest BCUT2D eigenvalue weighted by atomic mass is 9.98. The molecule has 9 nitrogen and oxygen atoms in total. The number of nitrogens with one attached hydrogen (secondary N) is 2. The molecule has 5 rings (SSSR count). The van der Waals surface area contributed by atoms with Gasteiger partial charge in [0.05, 0.1) is 16.0 Å². The Balaban J connectivity index is 1.62. The van der Waals surface area contributed by atoms with Gasteiger partial charge in [-0.05, 0) is 55.2 Å². The average molecular weight is 516 g/mol. The lowest BCUT2D eigenvalue weighted by molar-refractivity contribution is -0.112. The highest BCUT2D eigenvalue weighted by molar-refractivity contribution is 7.90. The van der Waals surface area contributed by atoms with Crippen LogP contribution in [0.5, 0.6) is 0 Å². The minimum atomic E-state index is -3.03. The zero-order valence-corrected chi connectivity index (χ0v) is 21.6. The third kappa shape index (κ3) is 4.38. The topological polar surface area (TPSA) is 130 Å². The number of amides is 1. The van der Waals surface area contributed by atoms with E-state index in [1.807, 2.05) is 48.0 Å². The second kappa shape index (κ2) is 9.45. The smallest absolute Gasteiger partial charge is 0.250 e. The molecule has 190 valence electrons. The first kappa shape index (κ1) is 24.7. The molecule has 4 N–H and O–H groups in total. The molecule has 0 aliphatic carbocycles. The van der Waals surface area contributed by atoms with Crippen molar-refractivity contribution in [3.05, 3.63) is 67.0 Å². The van der Waals surface area contributed by atoms with Crippen LogP contribution in [0.2, 0.25) is 0 Å². The van der Waals surface area contributed by atoms with Crippen molar-refractivity contribution >= 4 is 38.4 Å². The van der Waals surface area contributed by atoms with Crippen LogP contribution in [-0.4, -0.2) is 42.0 Å². The van der Waals surface area contributed by atoms with Gasteiger partial charge in [-0.1, -0.05) is 30.8 Å². The van der Waals surface area contributed by atoms with Gasteiger partial charge in [-0.3, -0.25) is 4.79 Å². The van der Waals surface area contributed by atoms with E-state index in [0.29, 0.717) is 40.7 Å². The number of hydrogen-bond donors (Lipinski definition) is 3. The number of nitrogens with zero attached hydrogens (tertiary/aromatic N) is 4. The Morgan fingerprint density at radius 2 is 1.68 bits per heavy atom. The van der Waals surface area contributed by atoms with E-state index in [1.165, 1.54) is 6.33 Å². The highest BCUT2D eigenvalue weighted by Crippen LogP contribution is 2.42. The minimum Gasteiger partial charge on any atom is -0.383 e. The van der Waals surface area contributed by atoms with Crippen LogP contribution in [-0.2, 0) is 21.8 Å². The standard InChI is InChI=1S/C27H29N7O2S/c1-17(2)27(35)32-20-10-6-19(7-11-20)24-22(23-25(28)30-16-31-26(23)33(24)3)18-8-12-21(13-9-18)37(29,36)34-14-4-5-15-34/h6-13,16,29H,1,4-5,14-15H2,2-3H3,(H,32,35)(H2,28,30,31). The Hall–Kier alpha value is -4.02. The molecule has 1 fully saturated rings. The highest BCUT2D eigenvalue weighted by Gasteiger charge is 2.25. The van der Waals surface area contributed by atoms with E-state index in [9.17, 15) is 9.00 Å². The second-order valence-electron chi connectivity index (χ2n) is 9.24. The van der Waals surface area contributed by atoms with Gasteiger partial charge in [0.15, 0.2) is 0 Å². The Labute approximate surface area is 216 Å². The Kier molecular flexibility index (Phi) is 6.30. The molecule has 0 saturated carbocycles. The van der Waals surface area contributed by atoms with Crippen LogP contribution >= 0.6 is 0 Å². The molecule has 4 aromatic rings. The molecule has 10 heteroatoms. The predicted octanol–water partition coefficient (Wildman–Crippen LogP) is 4.82. The van der Waals surface area contributed by atoms with Crippen molar-refractivity contribution in [2.75, 3.05) is 24.1 Å². The number of fused-ring (bicyclic) bond motifs is 1. The van der Waals surface area contributed by atoms with Crippen molar-refractivity contribution < 1.29 is 9.00 Å². The number of nitrogen functional groups attached to an aromatic ring is 1. The number of aromatic nitrogens is 3. The summed E-state index contributed by atoms with van der Waals surface area (Å²) in [4.78, 5) is 21.2. The summed E-state index contributed by atoms with van der Waals surface area (Å²) in [5, 5.41) is 3.54. The molecule has 1 aliphatic heterocycles. The summed E-state index contributed by atoms with van der Waals surface area (Å²) in [5.41, 5.74) is 11.6. The molecule has 1 atom stereocenters. The molecule has 0 radical (unpaired) electrons. The fourth-order valence-corrected chi connectivity index (χ4v) is 6.32. The number of aryl methyl sites for hydroxylation is 1. The molecule has 3 heterocycles. The normalized spacial score (nSPS) is 15.5. The first-order valence-electron chi connectivity index (χ1n) is 12.0. The quantitative estimate of drug-likeness (QED) is 0.317. The maximum atomic E-state index is 13.3. The van der Waals surface area contributed by atoms with Crippen LogP contribution in [0.3, 0.4) is 0 Å². The van der Waals surface area contributed by atoms with Gasteiger partial charge >= 0.3 is 0 Å². The lowest BCUT2D eigenvalue weighted by Gasteiger charge is -2.19. The van der Waals surface area contributed by atoms with Crippen molar-refractivity contribution in [1.29, 1.82) is 4.78 Å². The van der Waals surface area contributed by atoms with Crippen molar-refractivity contribution in [2.45, 2.75) is 24.7 Å². The third-order valence-electron chi connectivity index (χ3n) is 6.69. The van der Waals surface area contributed by atoms with Gasteiger partial charge in [0.2, 0.25) is 0 Å². The third-order valence-corrected chi connectivity index (χ3v) is 8.69. The van der Waals surface area contributed by atoms with Gasteiger partial charge in [0, 0.05) is 37.0 Å². The molecule has 0 spiro atoms. The maximum absolute atomic E-state index is 13.3. The molecule has 0 bridgehead atoms. The molecule has 1 aliphatic rings. The average Bonchev–Trinajstić information content (AvgIpc) is 3.53. The van der Waals surface area contributed by atoms with Crippen LogP contribution in [0.4, 0.5) is 11.5 Å². The van der Waals surface area contributed by atoms with Crippen molar-refractivity contribution in [3.63, 3.8) is 0 Å². The van der Waals surface area contributed by atoms with E-state index >= 15 is 0 Å². The number of benzene rings is 2. The van der Waals surface area contributed by atoms with Gasteiger partial charge in [-0.25, -0.2) is 23.3 Å². The molecule has 2 aromatic carbocycles. The van der Waals surface area contributed by atoms with E-state index in [0.717, 1.165) is 40.6 Å². The summed E-state index contributed by atoms with van der Waals surface area (Å²) in [6.45, 7) is 6.69. The molecular weight excluding hydrogens is 486 g/mol. The predicted molar refractivity (Wildman–Crippen MR) is 147 cm³/mol. The first-order chi connectivity index (χ1) is 17.7. The monoisotopic (exact) mass is 515 g/mol. The second-order valence-corrected chi connectivity index (χ2v) is 11.3. The summed E-state index contributed by atoms with van der Waals surface area (Å²) in [6, 6.07) is 14.8. The number of nitrogens with two attached hydrogens (primary N) is 1. The van der Waals surface area contributed by atoms with Crippen LogP contribution < -0.4 is 11.1 Å². The van der Waals surface area contributed by atoms with Gasteiger partial charge in [-0.2, -0.15) is 0 Å². The van der Waals surface area contributed by atoms with Gasteiger partial charge in [0.1, 0.15) is 27.7 Å². The zero-order chi connectivity index (χ0) is 26.3. The molecule has 1 amide bonds. The summed E-state index contributed by atoms with van der Waals surface area (Å²) < 4.78 is 25.5. The van der Waals surface area contributed by atoms with Gasteiger partial charge < -0.3 is 15.6 Å². The Morgan fingerprint density at radius 1 is 1.05 bits per heavy atom. The van der Waals surface area contributed by atoms with Crippen LogP contribution in [0, 0.1) is 4.78 Å². The van der Waals surface area contributed by atoms with E-state index in [-0.39, 0.29) is 5.91 Å². The number of hydrogen-bond acceptors (Lipinski definition) is 6. The van der Waals surface area contributed by atoms with Crippen molar-refractivity contribution in [1.82, 2.24) is 18.8 Å². The zero-order valence-electron chi connectivity index (χ0n) is 20.8. The number of carbonyl (C=O) groups excluding carboxylic acids is 1. The number of anilines is 2. The Bertz CT molecular complexity index is 1620. The van der Waals surface area contributed by atoms with Crippen molar-refractivity contribution in [3.8, 4) is 22.4 Å².